The summed E-state index contributed by atoms with van der Waals surface area (Å²) < 4.78 is 13.3. The van der Waals surface area contributed by atoms with E-state index in [1.165, 1.54) is 0 Å². The highest BCUT2D eigenvalue weighted by molar-refractivity contribution is 5.96. The zero-order valence-corrected chi connectivity index (χ0v) is 18.3. The van der Waals surface area contributed by atoms with E-state index in [9.17, 15) is 4.79 Å². The molecule has 2 aromatic heterocycles. The Balaban J connectivity index is 0.00000306. The predicted molar refractivity (Wildman–Crippen MR) is 126 cm³/mol. The van der Waals surface area contributed by atoms with Crippen molar-refractivity contribution in [2.45, 2.75) is 13.5 Å². The molecule has 4 rings (SSSR count). The number of amides is 1. The lowest BCUT2D eigenvalue weighted by molar-refractivity contribution is 0.0950. The van der Waals surface area contributed by atoms with Gasteiger partial charge >= 0.3 is 0 Å². The number of ether oxygens (including phenoxy) is 2. The SMILES string of the molecule is COc1ccc(CNC(=O)c2cccc(Oc3ccnc(-c4ccn(C)c4)c3)c2C)cc1.[HH]. The number of nitrogens with zero attached hydrogens (tertiary/aromatic N) is 2. The Morgan fingerprint density at radius 2 is 1.91 bits per heavy atom. The summed E-state index contributed by atoms with van der Waals surface area (Å²) in [4.78, 5) is 17.2. The van der Waals surface area contributed by atoms with Gasteiger partial charge in [0.1, 0.15) is 17.2 Å². The van der Waals surface area contributed by atoms with Crippen LogP contribution in [0, 0.1) is 6.92 Å². The predicted octanol–water partition coefficient (Wildman–Crippen LogP) is 5.37. The van der Waals surface area contributed by atoms with Crippen LogP contribution in [0.2, 0.25) is 0 Å². The molecule has 0 saturated carbocycles. The molecule has 1 amide bonds. The number of carbonyl (C=O) groups excluding carboxylic acids is 1. The number of carbonyl (C=O) groups is 1. The molecule has 0 fully saturated rings. The largest absolute Gasteiger partial charge is 0.497 e. The van der Waals surface area contributed by atoms with E-state index < -0.39 is 0 Å². The Morgan fingerprint density at radius 1 is 1.09 bits per heavy atom. The molecule has 6 heteroatoms. The number of nitrogens with one attached hydrogen (secondary N) is 1. The molecule has 6 nitrogen and oxygen atoms in total. The molecule has 0 aliphatic heterocycles. The van der Waals surface area contributed by atoms with E-state index in [1.54, 1.807) is 19.4 Å². The minimum Gasteiger partial charge on any atom is -0.497 e. The first kappa shape index (κ1) is 21.2. The number of methoxy groups -OCH3 is 1. The highest BCUT2D eigenvalue weighted by Gasteiger charge is 2.13. The van der Waals surface area contributed by atoms with Crippen molar-refractivity contribution < 1.29 is 15.7 Å². The average Bonchev–Trinajstić information content (AvgIpc) is 3.26. The van der Waals surface area contributed by atoms with Gasteiger partial charge in [-0.15, -0.1) is 0 Å². The van der Waals surface area contributed by atoms with Crippen molar-refractivity contribution in [2.75, 3.05) is 7.11 Å². The van der Waals surface area contributed by atoms with Crippen LogP contribution in [0.3, 0.4) is 0 Å². The molecule has 0 spiro atoms. The molecular weight excluding hydrogens is 402 g/mol. The second-order valence-corrected chi connectivity index (χ2v) is 7.50. The van der Waals surface area contributed by atoms with Crippen LogP contribution < -0.4 is 14.8 Å². The Labute approximate surface area is 188 Å². The second-order valence-electron chi connectivity index (χ2n) is 7.50. The Kier molecular flexibility index (Phi) is 6.22. The van der Waals surface area contributed by atoms with Gasteiger partial charge in [-0.05, 0) is 48.9 Å². The van der Waals surface area contributed by atoms with Crippen LogP contribution in [0.4, 0.5) is 0 Å². The van der Waals surface area contributed by atoms with E-state index in [-0.39, 0.29) is 7.33 Å². The standard InChI is InChI=1S/C26H25N3O3.H2/c1-18-23(26(30)28-16-19-7-9-21(31-3)10-8-19)5-4-6-25(18)32-22-11-13-27-24(15-22)20-12-14-29(2)17-20;/h4-15,17H,16H2,1-3H3,(H,28,30);1H. The van der Waals surface area contributed by atoms with Crippen molar-refractivity contribution in [1.29, 1.82) is 0 Å². The molecule has 0 bridgehead atoms. The van der Waals surface area contributed by atoms with Gasteiger partial charge in [-0.1, -0.05) is 18.2 Å². The smallest absolute Gasteiger partial charge is 0.251 e. The second kappa shape index (κ2) is 9.39. The Bertz CT molecular complexity index is 1240. The molecule has 0 aliphatic carbocycles. The number of pyridine rings is 1. The first-order chi connectivity index (χ1) is 15.5. The van der Waals surface area contributed by atoms with Gasteiger partial charge in [0.2, 0.25) is 0 Å². The van der Waals surface area contributed by atoms with Crippen LogP contribution in [0.5, 0.6) is 17.2 Å². The fourth-order valence-electron chi connectivity index (χ4n) is 3.41. The molecule has 2 heterocycles. The lowest BCUT2D eigenvalue weighted by Crippen LogP contribution is -2.23. The van der Waals surface area contributed by atoms with E-state index in [0.29, 0.717) is 23.6 Å². The average molecular weight is 430 g/mol. The van der Waals surface area contributed by atoms with E-state index in [2.05, 4.69) is 10.3 Å². The molecule has 2 aromatic carbocycles. The van der Waals surface area contributed by atoms with Crippen LogP contribution >= 0.6 is 0 Å². The third kappa shape index (κ3) is 4.81. The van der Waals surface area contributed by atoms with E-state index in [1.807, 2.05) is 85.5 Å². The highest BCUT2D eigenvalue weighted by Crippen LogP contribution is 2.29. The highest BCUT2D eigenvalue weighted by atomic mass is 16.5. The molecule has 0 saturated heterocycles. The van der Waals surface area contributed by atoms with Crippen molar-refractivity contribution in [3.8, 4) is 28.5 Å². The summed E-state index contributed by atoms with van der Waals surface area (Å²) in [7, 11) is 3.60. The van der Waals surface area contributed by atoms with Crippen LogP contribution in [-0.2, 0) is 13.6 Å². The van der Waals surface area contributed by atoms with E-state index in [4.69, 9.17) is 9.47 Å². The third-order valence-electron chi connectivity index (χ3n) is 5.23. The van der Waals surface area contributed by atoms with Crippen molar-refractivity contribution in [3.63, 3.8) is 0 Å². The van der Waals surface area contributed by atoms with Crippen LogP contribution in [-0.4, -0.2) is 22.6 Å². The zero-order chi connectivity index (χ0) is 22.5. The quantitative estimate of drug-likeness (QED) is 0.429. The minimum atomic E-state index is -0.150. The van der Waals surface area contributed by atoms with Gasteiger partial charge in [-0.25, -0.2) is 0 Å². The van der Waals surface area contributed by atoms with E-state index >= 15 is 0 Å². The normalized spacial score (nSPS) is 10.6. The monoisotopic (exact) mass is 429 g/mol. The van der Waals surface area contributed by atoms with Crippen LogP contribution in [0.1, 0.15) is 22.9 Å². The number of hydrogen-bond acceptors (Lipinski definition) is 4. The van der Waals surface area contributed by atoms with Crippen molar-refractivity contribution >= 4 is 5.91 Å². The maximum Gasteiger partial charge on any atom is 0.251 e. The number of rotatable bonds is 7. The van der Waals surface area contributed by atoms with Gasteiger partial charge < -0.3 is 19.4 Å². The summed E-state index contributed by atoms with van der Waals surface area (Å²) in [6, 6.07) is 18.8. The molecule has 32 heavy (non-hydrogen) atoms. The maximum absolute atomic E-state index is 12.8. The molecule has 0 unspecified atom stereocenters. The lowest BCUT2D eigenvalue weighted by Gasteiger charge is -2.13. The molecule has 0 aliphatic rings. The molecule has 0 atom stereocenters. The first-order valence-electron chi connectivity index (χ1n) is 10.3. The summed E-state index contributed by atoms with van der Waals surface area (Å²) in [5, 5.41) is 2.97. The van der Waals surface area contributed by atoms with Gasteiger partial charge in [0.05, 0.1) is 12.8 Å². The third-order valence-corrected chi connectivity index (χ3v) is 5.23. The number of aromatic nitrogens is 2. The number of aryl methyl sites for hydroxylation is 1. The molecule has 164 valence electrons. The zero-order valence-electron chi connectivity index (χ0n) is 18.3. The van der Waals surface area contributed by atoms with Crippen molar-refractivity contribution in [1.82, 2.24) is 14.9 Å². The Morgan fingerprint density at radius 3 is 2.62 bits per heavy atom. The summed E-state index contributed by atoms with van der Waals surface area (Å²) >= 11 is 0. The van der Waals surface area contributed by atoms with Crippen LogP contribution in [0.15, 0.2) is 79.3 Å². The first-order valence-corrected chi connectivity index (χ1v) is 10.3. The molecule has 0 radical (unpaired) electrons. The summed E-state index contributed by atoms with van der Waals surface area (Å²) in [6.07, 6.45) is 5.70. The van der Waals surface area contributed by atoms with E-state index in [0.717, 1.165) is 28.1 Å². The molecular formula is C26H27N3O3. The lowest BCUT2D eigenvalue weighted by atomic mass is 10.1. The van der Waals surface area contributed by atoms with Gasteiger partial charge in [-0.3, -0.25) is 9.78 Å². The number of hydrogen-bond donors (Lipinski definition) is 1. The fraction of sp³-hybridized carbons (Fsp3) is 0.154. The van der Waals surface area contributed by atoms with Gasteiger partial charge in [0.25, 0.3) is 5.91 Å². The van der Waals surface area contributed by atoms with Gasteiger partial charge in [-0.2, -0.15) is 0 Å². The summed E-state index contributed by atoms with van der Waals surface area (Å²) in [5.41, 5.74) is 4.19. The molecule has 1 N–H and O–H groups in total. The number of benzene rings is 2. The fourth-order valence-corrected chi connectivity index (χ4v) is 3.41. The Hall–Kier alpha value is -4.06. The van der Waals surface area contributed by atoms with Gasteiger partial charge in [0.15, 0.2) is 0 Å². The molecule has 4 aromatic rings. The maximum atomic E-state index is 12.8. The summed E-state index contributed by atoms with van der Waals surface area (Å²) in [6.45, 7) is 2.31. The van der Waals surface area contributed by atoms with Crippen molar-refractivity contribution in [2.24, 2.45) is 7.05 Å². The van der Waals surface area contributed by atoms with Crippen molar-refractivity contribution in [3.05, 3.63) is 95.9 Å². The van der Waals surface area contributed by atoms with Gasteiger partial charge in [0, 0.05) is 56.4 Å². The minimum absolute atomic E-state index is 0. The summed E-state index contributed by atoms with van der Waals surface area (Å²) in [5.74, 6) is 1.93. The van der Waals surface area contributed by atoms with Crippen LogP contribution in [0.25, 0.3) is 11.3 Å². The topological polar surface area (TPSA) is 65.4 Å².